The molecular weight excluding hydrogens is 242 g/mol. The summed E-state index contributed by atoms with van der Waals surface area (Å²) in [6.07, 6.45) is 1.44. The van der Waals surface area contributed by atoms with E-state index < -0.39 is 16.0 Å². The highest BCUT2D eigenvalue weighted by molar-refractivity contribution is 7.92. The van der Waals surface area contributed by atoms with Crippen LogP contribution in [0.3, 0.4) is 0 Å². The summed E-state index contributed by atoms with van der Waals surface area (Å²) in [5.74, 6) is -0.637. The molecule has 92 valence electrons. The standard InChI is InChI=1S/C11H13NO4S/c1-16-11(13)9-12-17(14,15)8-7-10-5-3-2-4-6-10/h2-8,12H,9H2,1H3/b8-7+. The molecule has 0 spiro atoms. The van der Waals surface area contributed by atoms with Crippen molar-refractivity contribution in [2.45, 2.75) is 0 Å². The van der Waals surface area contributed by atoms with Gasteiger partial charge in [0, 0.05) is 5.41 Å². The lowest BCUT2D eigenvalue weighted by molar-refractivity contribution is -0.139. The average Bonchev–Trinajstić information content (AvgIpc) is 2.35. The maximum absolute atomic E-state index is 11.4. The van der Waals surface area contributed by atoms with Crippen LogP contribution in [0.4, 0.5) is 0 Å². The van der Waals surface area contributed by atoms with Crippen molar-refractivity contribution in [1.29, 1.82) is 0 Å². The topological polar surface area (TPSA) is 72.5 Å². The number of hydrogen-bond acceptors (Lipinski definition) is 4. The molecule has 0 fully saturated rings. The molecule has 0 amide bonds. The second-order valence-corrected chi connectivity index (χ2v) is 4.81. The first-order valence-electron chi connectivity index (χ1n) is 4.83. The van der Waals surface area contributed by atoms with Crippen molar-refractivity contribution in [1.82, 2.24) is 4.72 Å². The third-order valence-corrected chi connectivity index (χ3v) is 2.93. The molecule has 0 aromatic heterocycles. The number of carbonyl (C=O) groups excluding carboxylic acids is 1. The van der Waals surface area contributed by atoms with Gasteiger partial charge in [-0.3, -0.25) is 4.79 Å². The van der Waals surface area contributed by atoms with Gasteiger partial charge in [0.05, 0.1) is 7.11 Å². The summed E-state index contributed by atoms with van der Waals surface area (Å²) in [6.45, 7) is -0.377. The molecule has 1 aromatic carbocycles. The molecule has 0 saturated heterocycles. The second kappa shape index (κ2) is 6.17. The van der Waals surface area contributed by atoms with Crippen molar-refractivity contribution in [2.24, 2.45) is 0 Å². The van der Waals surface area contributed by atoms with Gasteiger partial charge in [-0.15, -0.1) is 0 Å². The number of benzene rings is 1. The predicted molar refractivity (Wildman–Crippen MR) is 64.4 cm³/mol. The molecule has 0 atom stereocenters. The monoisotopic (exact) mass is 255 g/mol. The van der Waals surface area contributed by atoms with Crippen molar-refractivity contribution in [3.05, 3.63) is 41.3 Å². The number of esters is 1. The van der Waals surface area contributed by atoms with Gasteiger partial charge in [-0.1, -0.05) is 30.3 Å². The summed E-state index contributed by atoms with van der Waals surface area (Å²) in [4.78, 5) is 10.8. The van der Waals surface area contributed by atoms with Gasteiger partial charge in [0.25, 0.3) is 0 Å². The zero-order chi connectivity index (χ0) is 12.7. The molecule has 0 aliphatic rings. The maximum Gasteiger partial charge on any atom is 0.320 e. The van der Waals surface area contributed by atoms with Crippen molar-refractivity contribution in [3.63, 3.8) is 0 Å². The molecular formula is C11H13NO4S. The van der Waals surface area contributed by atoms with Gasteiger partial charge in [0.1, 0.15) is 6.54 Å². The summed E-state index contributed by atoms with van der Waals surface area (Å²) in [6, 6.07) is 8.97. The fraction of sp³-hybridized carbons (Fsp3) is 0.182. The fourth-order valence-electron chi connectivity index (χ4n) is 1.01. The smallest absolute Gasteiger partial charge is 0.320 e. The van der Waals surface area contributed by atoms with E-state index in [-0.39, 0.29) is 6.54 Å². The van der Waals surface area contributed by atoms with Gasteiger partial charge >= 0.3 is 5.97 Å². The number of ether oxygens (including phenoxy) is 1. The number of nitrogens with one attached hydrogen (secondary N) is 1. The molecule has 1 aromatic rings. The van der Waals surface area contributed by atoms with Gasteiger partial charge in [-0.05, 0) is 11.6 Å². The minimum Gasteiger partial charge on any atom is -0.468 e. The quantitative estimate of drug-likeness (QED) is 0.788. The first-order valence-corrected chi connectivity index (χ1v) is 6.38. The summed E-state index contributed by atoms with van der Waals surface area (Å²) in [5.41, 5.74) is 0.760. The van der Waals surface area contributed by atoms with Gasteiger partial charge in [-0.25, -0.2) is 13.1 Å². The summed E-state index contributed by atoms with van der Waals surface area (Å²) in [7, 11) is -2.43. The molecule has 0 aliphatic carbocycles. The molecule has 1 N–H and O–H groups in total. The normalized spacial score (nSPS) is 11.6. The summed E-state index contributed by atoms with van der Waals surface area (Å²) >= 11 is 0. The minimum atomic E-state index is -3.62. The first-order chi connectivity index (χ1) is 8.03. The Morgan fingerprint density at radius 2 is 2.00 bits per heavy atom. The van der Waals surface area contributed by atoms with Crippen LogP contribution in [0.5, 0.6) is 0 Å². The number of carbonyl (C=O) groups is 1. The van der Waals surface area contributed by atoms with Crippen molar-refractivity contribution < 1.29 is 17.9 Å². The Morgan fingerprint density at radius 3 is 2.59 bits per heavy atom. The Balaban J connectivity index is 2.61. The van der Waals surface area contributed by atoms with Gasteiger partial charge in [0.2, 0.25) is 10.0 Å². The Kier molecular flexibility index (Phi) is 4.86. The Hall–Kier alpha value is -1.66. The molecule has 0 saturated carbocycles. The Labute approximate surface area is 100 Å². The predicted octanol–water partition coefficient (Wildman–Crippen LogP) is 0.750. The van der Waals surface area contributed by atoms with E-state index in [1.807, 2.05) is 6.07 Å². The molecule has 0 unspecified atom stereocenters. The lowest BCUT2D eigenvalue weighted by atomic mass is 10.2. The fourth-order valence-corrected chi connectivity index (χ4v) is 1.76. The third kappa shape index (κ3) is 5.28. The van der Waals surface area contributed by atoms with Crippen LogP contribution in [0.1, 0.15) is 5.56 Å². The van der Waals surface area contributed by atoms with Crippen molar-refractivity contribution in [2.75, 3.05) is 13.7 Å². The van der Waals surface area contributed by atoms with Crippen LogP contribution >= 0.6 is 0 Å². The van der Waals surface area contributed by atoms with E-state index in [0.717, 1.165) is 11.0 Å². The van der Waals surface area contributed by atoms with Crippen molar-refractivity contribution >= 4 is 22.1 Å². The third-order valence-electron chi connectivity index (χ3n) is 1.88. The number of hydrogen-bond donors (Lipinski definition) is 1. The van der Waals surface area contributed by atoms with E-state index in [1.165, 1.54) is 13.2 Å². The van der Waals surface area contributed by atoms with Crippen LogP contribution in [0.15, 0.2) is 35.7 Å². The molecule has 0 radical (unpaired) electrons. The van der Waals surface area contributed by atoms with Crippen LogP contribution in [0.25, 0.3) is 6.08 Å². The molecule has 0 bridgehead atoms. The van der Waals surface area contributed by atoms with E-state index in [4.69, 9.17) is 0 Å². The SMILES string of the molecule is COC(=O)CNS(=O)(=O)/C=C/c1ccccc1. The highest BCUT2D eigenvalue weighted by atomic mass is 32.2. The first kappa shape index (κ1) is 13.4. The zero-order valence-electron chi connectivity index (χ0n) is 9.29. The Morgan fingerprint density at radius 1 is 1.35 bits per heavy atom. The highest BCUT2D eigenvalue weighted by Crippen LogP contribution is 2.02. The van der Waals surface area contributed by atoms with Crippen LogP contribution < -0.4 is 4.72 Å². The van der Waals surface area contributed by atoms with E-state index in [9.17, 15) is 13.2 Å². The molecule has 1 rings (SSSR count). The second-order valence-electron chi connectivity index (χ2n) is 3.16. The van der Waals surface area contributed by atoms with Crippen molar-refractivity contribution in [3.8, 4) is 0 Å². The number of rotatable bonds is 5. The maximum atomic E-state index is 11.4. The number of methoxy groups -OCH3 is 1. The van der Waals surface area contributed by atoms with Crippen LogP contribution in [-0.4, -0.2) is 28.0 Å². The Bertz CT molecular complexity index is 493. The van der Waals surface area contributed by atoms with E-state index in [1.54, 1.807) is 24.3 Å². The average molecular weight is 255 g/mol. The summed E-state index contributed by atoms with van der Waals surface area (Å²) < 4.78 is 29.2. The zero-order valence-corrected chi connectivity index (χ0v) is 10.1. The van der Waals surface area contributed by atoms with E-state index >= 15 is 0 Å². The molecule has 5 nitrogen and oxygen atoms in total. The van der Waals surface area contributed by atoms with E-state index in [2.05, 4.69) is 9.46 Å². The molecule has 0 heterocycles. The van der Waals surface area contributed by atoms with E-state index in [0.29, 0.717) is 0 Å². The van der Waals surface area contributed by atoms with Crippen LogP contribution in [0.2, 0.25) is 0 Å². The largest absolute Gasteiger partial charge is 0.468 e. The lowest BCUT2D eigenvalue weighted by Gasteiger charge is -2.00. The van der Waals surface area contributed by atoms with Crippen LogP contribution in [-0.2, 0) is 19.6 Å². The van der Waals surface area contributed by atoms with Gasteiger partial charge in [0.15, 0.2) is 0 Å². The van der Waals surface area contributed by atoms with Gasteiger partial charge in [-0.2, -0.15) is 0 Å². The minimum absolute atomic E-state index is 0.377. The molecule has 17 heavy (non-hydrogen) atoms. The lowest BCUT2D eigenvalue weighted by Crippen LogP contribution is -2.28. The van der Waals surface area contributed by atoms with Crippen LogP contribution in [0, 0.1) is 0 Å². The van der Waals surface area contributed by atoms with Gasteiger partial charge < -0.3 is 4.74 Å². The summed E-state index contributed by atoms with van der Waals surface area (Å²) in [5, 5.41) is 1.01. The molecule has 0 aliphatic heterocycles. The molecule has 6 heteroatoms. The number of sulfonamides is 1. The highest BCUT2D eigenvalue weighted by Gasteiger charge is 2.08.